The van der Waals surface area contributed by atoms with Crippen LogP contribution < -0.4 is 10.2 Å². The Morgan fingerprint density at radius 3 is 2.18 bits per heavy atom. The first-order valence-corrected chi connectivity index (χ1v) is 6.61. The van der Waals surface area contributed by atoms with Crippen molar-refractivity contribution in [2.24, 2.45) is 0 Å². The quantitative estimate of drug-likeness (QED) is 0.813. The van der Waals surface area contributed by atoms with Gasteiger partial charge in [0.25, 0.3) is 0 Å². The molecule has 1 aromatic rings. The Hall–Kier alpha value is -1.02. The van der Waals surface area contributed by atoms with E-state index in [2.05, 4.69) is 69.1 Å². The van der Waals surface area contributed by atoms with Gasteiger partial charge in [-0.25, -0.2) is 0 Å². The summed E-state index contributed by atoms with van der Waals surface area (Å²) in [4.78, 5) is 2.44. The first kappa shape index (κ1) is 14.0. The summed E-state index contributed by atoms with van der Waals surface area (Å²) in [5, 5.41) is 3.50. The first-order valence-electron chi connectivity index (χ1n) is 6.61. The minimum Gasteiger partial charge on any atom is -0.368 e. The average Bonchev–Trinajstić information content (AvgIpc) is 2.30. The van der Waals surface area contributed by atoms with Crippen molar-refractivity contribution in [2.75, 3.05) is 18.0 Å². The number of nitrogens with one attached hydrogen (secondary N) is 1. The minimum atomic E-state index is 0.519. The zero-order valence-electron chi connectivity index (χ0n) is 11.8. The number of hydrogen-bond donors (Lipinski definition) is 1. The van der Waals surface area contributed by atoms with Crippen LogP contribution in [0.25, 0.3) is 0 Å². The lowest BCUT2D eigenvalue weighted by atomic mass is 10.1. The fourth-order valence-corrected chi connectivity index (χ4v) is 2.00. The van der Waals surface area contributed by atoms with E-state index in [-0.39, 0.29) is 0 Å². The van der Waals surface area contributed by atoms with Crippen molar-refractivity contribution in [2.45, 2.75) is 46.7 Å². The summed E-state index contributed by atoms with van der Waals surface area (Å²) in [5.41, 5.74) is 2.63. The molecule has 0 amide bonds. The van der Waals surface area contributed by atoms with Gasteiger partial charge in [0, 0.05) is 30.9 Å². The highest BCUT2D eigenvalue weighted by Gasteiger charge is 2.12. The van der Waals surface area contributed by atoms with Gasteiger partial charge in [-0.1, -0.05) is 31.5 Å². The molecule has 0 aliphatic rings. The third-order valence-electron chi connectivity index (χ3n) is 3.06. The highest BCUT2D eigenvalue weighted by atomic mass is 15.2. The van der Waals surface area contributed by atoms with E-state index in [1.807, 2.05) is 0 Å². The smallest absolute Gasteiger partial charge is 0.0386 e. The summed E-state index contributed by atoms with van der Waals surface area (Å²) in [6.07, 6.45) is 0. The number of aryl methyl sites for hydroxylation is 1. The molecule has 0 saturated heterocycles. The van der Waals surface area contributed by atoms with E-state index in [0.29, 0.717) is 12.1 Å². The van der Waals surface area contributed by atoms with Crippen LogP contribution in [0.5, 0.6) is 0 Å². The highest BCUT2D eigenvalue weighted by Crippen LogP contribution is 2.17. The van der Waals surface area contributed by atoms with E-state index < -0.39 is 0 Å². The van der Waals surface area contributed by atoms with E-state index in [1.54, 1.807) is 0 Å². The van der Waals surface area contributed by atoms with Gasteiger partial charge in [-0.2, -0.15) is 0 Å². The molecule has 17 heavy (non-hydrogen) atoms. The Bertz CT molecular complexity index is 316. The van der Waals surface area contributed by atoms with Gasteiger partial charge in [0.2, 0.25) is 0 Å². The number of anilines is 1. The van der Waals surface area contributed by atoms with Gasteiger partial charge in [-0.3, -0.25) is 0 Å². The molecule has 0 aliphatic carbocycles. The van der Waals surface area contributed by atoms with Crippen LogP contribution in [0.2, 0.25) is 0 Å². The fourth-order valence-electron chi connectivity index (χ4n) is 2.00. The third-order valence-corrected chi connectivity index (χ3v) is 3.06. The van der Waals surface area contributed by atoms with Gasteiger partial charge in [0.1, 0.15) is 0 Å². The summed E-state index contributed by atoms with van der Waals surface area (Å²) in [6, 6.07) is 9.86. The fraction of sp³-hybridized carbons (Fsp3) is 0.600. The normalized spacial score (nSPS) is 12.8. The molecule has 0 bridgehead atoms. The topological polar surface area (TPSA) is 15.3 Å². The Kier molecular flexibility index (Phi) is 5.49. The van der Waals surface area contributed by atoms with Crippen LogP contribution in [-0.4, -0.2) is 25.2 Å². The zero-order valence-corrected chi connectivity index (χ0v) is 11.8. The second kappa shape index (κ2) is 6.65. The molecule has 1 aromatic carbocycles. The Morgan fingerprint density at radius 2 is 1.71 bits per heavy atom. The molecule has 0 fully saturated rings. The van der Waals surface area contributed by atoms with Gasteiger partial charge >= 0.3 is 0 Å². The van der Waals surface area contributed by atoms with Crippen LogP contribution in [0.3, 0.4) is 0 Å². The standard InChI is InChI=1S/C15H26N2/c1-6-17(14(5)11-16-12(2)3)15-9-7-13(4)8-10-15/h7-10,12,14,16H,6,11H2,1-5H3. The number of likely N-dealkylation sites (N-methyl/N-ethyl adjacent to an activating group) is 1. The van der Waals surface area contributed by atoms with Gasteiger partial charge < -0.3 is 10.2 Å². The number of hydrogen-bond acceptors (Lipinski definition) is 2. The molecule has 0 saturated carbocycles. The van der Waals surface area contributed by atoms with Crippen LogP contribution in [0.15, 0.2) is 24.3 Å². The Morgan fingerprint density at radius 1 is 1.12 bits per heavy atom. The molecule has 2 heteroatoms. The van der Waals surface area contributed by atoms with Crippen LogP contribution in [0.4, 0.5) is 5.69 Å². The lowest BCUT2D eigenvalue weighted by Gasteiger charge is -2.31. The van der Waals surface area contributed by atoms with E-state index in [0.717, 1.165) is 13.1 Å². The molecule has 0 radical (unpaired) electrons. The molecular formula is C15H26N2. The van der Waals surface area contributed by atoms with E-state index in [1.165, 1.54) is 11.3 Å². The van der Waals surface area contributed by atoms with Gasteiger partial charge in [0.05, 0.1) is 0 Å². The molecule has 0 aliphatic heterocycles. The van der Waals surface area contributed by atoms with Crippen molar-refractivity contribution in [3.63, 3.8) is 0 Å². The summed E-state index contributed by atoms with van der Waals surface area (Å²) in [5.74, 6) is 0. The van der Waals surface area contributed by atoms with E-state index in [9.17, 15) is 0 Å². The lowest BCUT2D eigenvalue weighted by molar-refractivity contribution is 0.521. The van der Waals surface area contributed by atoms with Crippen molar-refractivity contribution < 1.29 is 0 Å². The van der Waals surface area contributed by atoms with Crippen molar-refractivity contribution in [1.29, 1.82) is 0 Å². The molecule has 2 nitrogen and oxygen atoms in total. The maximum Gasteiger partial charge on any atom is 0.0386 e. The van der Waals surface area contributed by atoms with Crippen LogP contribution in [0.1, 0.15) is 33.3 Å². The van der Waals surface area contributed by atoms with Gasteiger partial charge in [0.15, 0.2) is 0 Å². The maximum atomic E-state index is 3.50. The van der Waals surface area contributed by atoms with Crippen LogP contribution >= 0.6 is 0 Å². The molecule has 1 unspecified atom stereocenters. The van der Waals surface area contributed by atoms with Crippen molar-refractivity contribution in [1.82, 2.24) is 5.32 Å². The van der Waals surface area contributed by atoms with Crippen molar-refractivity contribution >= 4 is 5.69 Å². The SMILES string of the molecule is CCN(c1ccc(C)cc1)C(C)CNC(C)C. The average molecular weight is 234 g/mol. The number of benzene rings is 1. The summed E-state index contributed by atoms with van der Waals surface area (Å²) >= 11 is 0. The zero-order chi connectivity index (χ0) is 12.8. The Labute approximate surface area is 106 Å². The highest BCUT2D eigenvalue weighted by molar-refractivity contribution is 5.48. The molecule has 0 heterocycles. The van der Waals surface area contributed by atoms with Crippen LogP contribution in [0, 0.1) is 6.92 Å². The molecular weight excluding hydrogens is 208 g/mol. The first-order chi connectivity index (χ1) is 8.04. The van der Waals surface area contributed by atoms with Crippen molar-refractivity contribution in [3.05, 3.63) is 29.8 Å². The minimum absolute atomic E-state index is 0.519. The molecule has 96 valence electrons. The second-order valence-corrected chi connectivity index (χ2v) is 5.03. The summed E-state index contributed by atoms with van der Waals surface area (Å²) in [6.45, 7) is 13.1. The van der Waals surface area contributed by atoms with Gasteiger partial charge in [-0.15, -0.1) is 0 Å². The largest absolute Gasteiger partial charge is 0.368 e. The predicted molar refractivity (Wildman–Crippen MR) is 76.8 cm³/mol. The van der Waals surface area contributed by atoms with E-state index in [4.69, 9.17) is 0 Å². The number of rotatable bonds is 6. The molecule has 0 spiro atoms. The second-order valence-electron chi connectivity index (χ2n) is 5.03. The monoisotopic (exact) mass is 234 g/mol. The third kappa shape index (κ3) is 4.39. The predicted octanol–water partition coefficient (Wildman–Crippen LogP) is 3.21. The van der Waals surface area contributed by atoms with Crippen LogP contribution in [-0.2, 0) is 0 Å². The summed E-state index contributed by atoms with van der Waals surface area (Å²) < 4.78 is 0. The lowest BCUT2D eigenvalue weighted by Crippen LogP contribution is -2.42. The van der Waals surface area contributed by atoms with Crippen molar-refractivity contribution in [3.8, 4) is 0 Å². The Balaban J connectivity index is 2.66. The molecule has 1 atom stereocenters. The number of nitrogens with zero attached hydrogens (tertiary/aromatic N) is 1. The van der Waals surface area contributed by atoms with Gasteiger partial charge in [-0.05, 0) is 32.9 Å². The summed E-state index contributed by atoms with van der Waals surface area (Å²) in [7, 11) is 0. The molecule has 1 rings (SSSR count). The maximum absolute atomic E-state index is 3.50. The molecule has 1 N–H and O–H groups in total. The van der Waals surface area contributed by atoms with E-state index >= 15 is 0 Å². The molecule has 0 aromatic heterocycles.